The van der Waals surface area contributed by atoms with Crippen LogP contribution < -0.4 is 0 Å². The summed E-state index contributed by atoms with van der Waals surface area (Å²) < 4.78 is 9.03. The van der Waals surface area contributed by atoms with Gasteiger partial charge in [0.15, 0.2) is 11.3 Å². The zero-order valence-electron chi connectivity index (χ0n) is 8.46. The van der Waals surface area contributed by atoms with E-state index in [1.807, 2.05) is 0 Å². The zero-order valence-corrected chi connectivity index (χ0v) is 10.0. The average molecular weight is 241 g/mol. The highest BCUT2D eigenvalue weighted by molar-refractivity contribution is 8.17. The highest BCUT2D eigenvalue weighted by Crippen LogP contribution is 2.09. The van der Waals surface area contributed by atoms with Crippen LogP contribution in [0.25, 0.3) is 0 Å². The van der Waals surface area contributed by atoms with Crippen LogP contribution in [0.15, 0.2) is 0 Å². The molecule has 0 spiro atoms. The van der Waals surface area contributed by atoms with Gasteiger partial charge in [-0.2, -0.15) is 0 Å². The number of rotatable bonds is 8. The van der Waals surface area contributed by atoms with Crippen LogP contribution in [0.2, 0.25) is 0 Å². The Morgan fingerprint density at radius 1 is 1.21 bits per heavy atom. The molecule has 84 valence electrons. The van der Waals surface area contributed by atoms with Crippen LogP contribution >= 0.6 is 21.9 Å². The minimum Gasteiger partial charge on any atom is -0.434 e. The molecule has 5 heteroatoms. The lowest BCUT2D eigenvalue weighted by molar-refractivity contribution is 0.105. The quantitative estimate of drug-likeness (QED) is 0.360. The first-order chi connectivity index (χ1) is 6.81. The molecule has 0 aliphatic rings. The second-order valence-electron chi connectivity index (χ2n) is 3.01. The standard InChI is InChI=1S/C9H17ClO3S/c1-2-3-4-5-6-7-8-12-9(11)13-14-10/h2-8H2,1H3. The van der Waals surface area contributed by atoms with Crippen molar-refractivity contribution in [1.29, 1.82) is 0 Å². The van der Waals surface area contributed by atoms with Gasteiger partial charge in [0, 0.05) is 10.7 Å². The predicted molar refractivity (Wildman–Crippen MR) is 59.3 cm³/mol. The van der Waals surface area contributed by atoms with Crippen LogP contribution in [0.5, 0.6) is 0 Å². The Morgan fingerprint density at radius 2 is 1.86 bits per heavy atom. The molecule has 14 heavy (non-hydrogen) atoms. The van der Waals surface area contributed by atoms with E-state index in [1.165, 1.54) is 25.7 Å². The third kappa shape index (κ3) is 9.99. The smallest absolute Gasteiger partial charge is 0.434 e. The van der Waals surface area contributed by atoms with Crippen molar-refractivity contribution in [3.05, 3.63) is 0 Å². The molecule has 0 aliphatic carbocycles. The Balaban J connectivity index is 3.01. The lowest BCUT2D eigenvalue weighted by Gasteiger charge is -2.02. The van der Waals surface area contributed by atoms with Crippen molar-refractivity contribution in [2.45, 2.75) is 45.4 Å². The largest absolute Gasteiger partial charge is 0.521 e. The van der Waals surface area contributed by atoms with Gasteiger partial charge in [-0.3, -0.25) is 0 Å². The summed E-state index contributed by atoms with van der Waals surface area (Å²) in [4.78, 5) is 10.6. The predicted octanol–water partition coefficient (Wildman–Crippen LogP) is 4.30. The summed E-state index contributed by atoms with van der Waals surface area (Å²) in [6, 6.07) is 0. The van der Waals surface area contributed by atoms with Crippen molar-refractivity contribution in [3.8, 4) is 0 Å². The zero-order chi connectivity index (χ0) is 10.6. The molecule has 3 nitrogen and oxygen atoms in total. The van der Waals surface area contributed by atoms with Crippen molar-refractivity contribution >= 4 is 28.1 Å². The second kappa shape index (κ2) is 11.0. The SMILES string of the molecule is CCCCCCCCOC(=O)OSCl. The molecule has 0 atom stereocenters. The highest BCUT2D eigenvalue weighted by Gasteiger charge is 2.02. The van der Waals surface area contributed by atoms with Crippen molar-refractivity contribution in [2.75, 3.05) is 6.61 Å². The number of hydrogen-bond donors (Lipinski definition) is 0. The Kier molecular flexibility index (Phi) is 10.9. The maximum atomic E-state index is 10.6. The number of halogens is 1. The van der Waals surface area contributed by atoms with Gasteiger partial charge in [-0.05, 0) is 6.42 Å². The first-order valence-electron chi connectivity index (χ1n) is 4.93. The van der Waals surface area contributed by atoms with Gasteiger partial charge in [-0.1, -0.05) is 39.0 Å². The summed E-state index contributed by atoms with van der Waals surface area (Å²) in [5.74, 6) is 0. The summed E-state index contributed by atoms with van der Waals surface area (Å²) >= 11 is 0.482. The van der Waals surface area contributed by atoms with E-state index in [9.17, 15) is 4.79 Å². The fourth-order valence-corrected chi connectivity index (χ4v) is 1.34. The Morgan fingerprint density at radius 3 is 2.50 bits per heavy atom. The Labute approximate surface area is 94.2 Å². The third-order valence-electron chi connectivity index (χ3n) is 1.82. The van der Waals surface area contributed by atoms with Gasteiger partial charge in [-0.25, -0.2) is 4.79 Å². The first kappa shape index (κ1) is 13.9. The number of hydrogen-bond acceptors (Lipinski definition) is 4. The second-order valence-corrected chi connectivity index (χ2v) is 3.68. The number of carbonyl (C=O) groups is 1. The Hall–Kier alpha value is -0.0900. The van der Waals surface area contributed by atoms with Crippen molar-refractivity contribution < 1.29 is 13.7 Å². The molecule has 0 bridgehead atoms. The maximum Gasteiger partial charge on any atom is 0.521 e. The third-order valence-corrected chi connectivity index (χ3v) is 2.21. The van der Waals surface area contributed by atoms with Gasteiger partial charge < -0.3 is 8.92 Å². The molecular formula is C9H17ClO3S. The van der Waals surface area contributed by atoms with E-state index in [2.05, 4.69) is 11.1 Å². The van der Waals surface area contributed by atoms with E-state index >= 15 is 0 Å². The lowest BCUT2D eigenvalue weighted by Crippen LogP contribution is -2.03. The molecule has 0 aromatic carbocycles. The number of carbonyl (C=O) groups excluding carboxylic acids is 1. The van der Waals surface area contributed by atoms with E-state index in [1.54, 1.807) is 0 Å². The molecule has 0 aromatic heterocycles. The van der Waals surface area contributed by atoms with E-state index < -0.39 is 6.16 Å². The van der Waals surface area contributed by atoms with E-state index in [-0.39, 0.29) is 0 Å². The number of unbranched alkanes of at least 4 members (excludes halogenated alkanes) is 5. The van der Waals surface area contributed by atoms with Gasteiger partial charge in [0.05, 0.1) is 6.61 Å². The van der Waals surface area contributed by atoms with Crippen LogP contribution in [-0.4, -0.2) is 12.8 Å². The van der Waals surface area contributed by atoms with Crippen molar-refractivity contribution in [2.24, 2.45) is 0 Å². The van der Waals surface area contributed by atoms with Crippen LogP contribution in [0.3, 0.4) is 0 Å². The van der Waals surface area contributed by atoms with E-state index in [4.69, 9.17) is 15.4 Å². The van der Waals surface area contributed by atoms with E-state index in [0.29, 0.717) is 17.9 Å². The van der Waals surface area contributed by atoms with Crippen molar-refractivity contribution in [3.63, 3.8) is 0 Å². The fraction of sp³-hybridized carbons (Fsp3) is 0.889. The molecule has 0 radical (unpaired) electrons. The molecule has 0 rings (SSSR count). The minimum absolute atomic E-state index is 0.419. The highest BCUT2D eigenvalue weighted by atomic mass is 35.7. The molecule has 0 saturated carbocycles. The van der Waals surface area contributed by atoms with Gasteiger partial charge in [0.2, 0.25) is 0 Å². The average Bonchev–Trinajstić information content (AvgIpc) is 2.17. The van der Waals surface area contributed by atoms with E-state index in [0.717, 1.165) is 12.8 Å². The fourth-order valence-electron chi connectivity index (χ4n) is 1.09. The van der Waals surface area contributed by atoms with Gasteiger partial charge in [0.1, 0.15) is 0 Å². The number of ether oxygens (including phenoxy) is 1. The minimum atomic E-state index is -0.710. The topological polar surface area (TPSA) is 35.5 Å². The van der Waals surface area contributed by atoms with Gasteiger partial charge in [-0.15, -0.1) is 0 Å². The summed E-state index contributed by atoms with van der Waals surface area (Å²) in [6.07, 6.45) is 6.28. The first-order valence-corrected chi connectivity index (χ1v) is 6.50. The molecule has 0 aromatic rings. The summed E-state index contributed by atoms with van der Waals surface area (Å²) in [7, 11) is 5.09. The lowest BCUT2D eigenvalue weighted by atomic mass is 10.1. The van der Waals surface area contributed by atoms with Crippen LogP contribution in [-0.2, 0) is 8.92 Å². The van der Waals surface area contributed by atoms with Crippen molar-refractivity contribution in [1.82, 2.24) is 0 Å². The molecular weight excluding hydrogens is 224 g/mol. The van der Waals surface area contributed by atoms with Gasteiger partial charge >= 0.3 is 6.16 Å². The maximum absolute atomic E-state index is 10.6. The van der Waals surface area contributed by atoms with Gasteiger partial charge in [0.25, 0.3) is 0 Å². The molecule has 0 aliphatic heterocycles. The summed E-state index contributed by atoms with van der Waals surface area (Å²) in [5, 5.41) is 0. The molecule has 0 saturated heterocycles. The molecule has 0 fully saturated rings. The molecule has 0 unspecified atom stereocenters. The Bertz CT molecular complexity index is 144. The van der Waals surface area contributed by atoms with Crippen LogP contribution in [0, 0.1) is 0 Å². The summed E-state index contributed by atoms with van der Waals surface area (Å²) in [6.45, 7) is 2.60. The van der Waals surface area contributed by atoms with Crippen LogP contribution in [0.1, 0.15) is 45.4 Å². The normalized spacial score (nSPS) is 9.86. The monoisotopic (exact) mass is 240 g/mol. The van der Waals surface area contributed by atoms with Crippen LogP contribution in [0.4, 0.5) is 4.79 Å². The molecule has 0 heterocycles. The summed E-state index contributed by atoms with van der Waals surface area (Å²) in [5.41, 5.74) is 0. The molecule has 0 amide bonds. The molecule has 0 N–H and O–H groups in total.